The van der Waals surface area contributed by atoms with Crippen LogP contribution in [0.15, 0.2) is 11.8 Å². The van der Waals surface area contributed by atoms with Crippen molar-refractivity contribution in [1.29, 1.82) is 0 Å². The van der Waals surface area contributed by atoms with Crippen LogP contribution in [0.4, 0.5) is 0 Å². The van der Waals surface area contributed by atoms with Crippen molar-refractivity contribution >= 4 is 11.9 Å². The van der Waals surface area contributed by atoms with Gasteiger partial charge in [-0.05, 0) is 20.8 Å². The Kier molecular flexibility index (Phi) is 1.92. The highest BCUT2D eigenvalue weighted by Crippen LogP contribution is 2.11. The zero-order valence-electron chi connectivity index (χ0n) is 7.30. The van der Waals surface area contributed by atoms with Gasteiger partial charge in [0, 0.05) is 6.08 Å². The lowest BCUT2D eigenvalue weighted by atomic mass is 10.2. The van der Waals surface area contributed by atoms with Crippen molar-refractivity contribution in [2.45, 2.75) is 26.4 Å². The summed E-state index contributed by atoms with van der Waals surface area (Å²) in [6.45, 7) is 5.31. The summed E-state index contributed by atoms with van der Waals surface area (Å²) in [6, 6.07) is 0. The van der Waals surface area contributed by atoms with Crippen LogP contribution in [-0.4, -0.2) is 17.5 Å². The molecule has 1 aliphatic heterocycles. The van der Waals surface area contributed by atoms with Crippen LogP contribution >= 0.6 is 0 Å². The summed E-state index contributed by atoms with van der Waals surface area (Å²) in [5.41, 5.74) is -0.284. The van der Waals surface area contributed by atoms with Crippen LogP contribution < -0.4 is 5.32 Å². The van der Waals surface area contributed by atoms with E-state index in [1.807, 2.05) is 0 Å². The molecule has 0 aliphatic carbocycles. The van der Waals surface area contributed by atoms with Crippen LogP contribution in [0, 0.1) is 0 Å². The van der Waals surface area contributed by atoms with Crippen LogP contribution in [0.25, 0.3) is 0 Å². The van der Waals surface area contributed by atoms with Gasteiger partial charge >= 0.3 is 5.97 Å². The molecule has 0 atom stereocenters. The summed E-state index contributed by atoms with van der Waals surface area (Å²) in [7, 11) is 0. The van der Waals surface area contributed by atoms with E-state index in [-0.39, 0.29) is 11.6 Å². The molecule has 0 fully saturated rings. The van der Waals surface area contributed by atoms with E-state index in [1.54, 1.807) is 20.8 Å². The summed E-state index contributed by atoms with van der Waals surface area (Å²) in [6.07, 6.45) is 1.22. The Labute approximate surface area is 70.6 Å². The first kappa shape index (κ1) is 8.77. The topological polar surface area (TPSA) is 55.4 Å². The van der Waals surface area contributed by atoms with E-state index in [9.17, 15) is 9.59 Å². The van der Waals surface area contributed by atoms with Crippen molar-refractivity contribution < 1.29 is 14.3 Å². The van der Waals surface area contributed by atoms with Gasteiger partial charge in [0.15, 0.2) is 0 Å². The fourth-order valence-corrected chi connectivity index (χ4v) is 0.701. The first-order valence-corrected chi connectivity index (χ1v) is 3.64. The molecule has 1 N–H and O–H groups in total. The molecule has 1 rings (SSSR count). The molecule has 12 heavy (non-hydrogen) atoms. The second kappa shape index (κ2) is 2.62. The Morgan fingerprint density at radius 3 is 2.33 bits per heavy atom. The minimum absolute atomic E-state index is 0.231. The largest absolute Gasteiger partial charge is 0.455 e. The van der Waals surface area contributed by atoms with Gasteiger partial charge in [-0.25, -0.2) is 4.79 Å². The van der Waals surface area contributed by atoms with E-state index in [0.29, 0.717) is 0 Å². The van der Waals surface area contributed by atoms with Crippen molar-refractivity contribution in [1.82, 2.24) is 5.32 Å². The van der Waals surface area contributed by atoms with Crippen LogP contribution in [0.1, 0.15) is 20.8 Å². The molecule has 4 nitrogen and oxygen atoms in total. The van der Waals surface area contributed by atoms with Crippen molar-refractivity contribution in [2.24, 2.45) is 0 Å². The molecular formula is C8H11NO3. The highest BCUT2D eigenvalue weighted by molar-refractivity contribution is 6.08. The molecule has 1 heterocycles. The van der Waals surface area contributed by atoms with Crippen molar-refractivity contribution in [3.8, 4) is 0 Å². The number of nitrogens with one attached hydrogen (secondary N) is 1. The lowest BCUT2D eigenvalue weighted by molar-refractivity contribution is -0.151. The minimum atomic E-state index is -0.516. The van der Waals surface area contributed by atoms with Crippen LogP contribution in [0.5, 0.6) is 0 Å². The normalized spacial score (nSPS) is 15.9. The van der Waals surface area contributed by atoms with E-state index in [2.05, 4.69) is 5.32 Å². The molecule has 66 valence electrons. The highest BCUT2D eigenvalue weighted by atomic mass is 16.6. The monoisotopic (exact) mass is 169 g/mol. The summed E-state index contributed by atoms with van der Waals surface area (Å²) in [4.78, 5) is 21.5. The zero-order valence-corrected chi connectivity index (χ0v) is 7.30. The Balaban J connectivity index is 2.51. The number of hydrogen-bond donors (Lipinski definition) is 1. The van der Waals surface area contributed by atoms with Gasteiger partial charge in [0.1, 0.15) is 11.3 Å². The van der Waals surface area contributed by atoms with Crippen molar-refractivity contribution in [3.05, 3.63) is 11.8 Å². The third-order valence-corrected chi connectivity index (χ3v) is 1.15. The molecule has 0 saturated heterocycles. The average Bonchev–Trinajstić information content (AvgIpc) is 1.76. The molecule has 0 aromatic rings. The minimum Gasteiger partial charge on any atom is -0.455 e. The lowest BCUT2D eigenvalue weighted by Crippen LogP contribution is -2.38. The molecule has 1 aliphatic rings. The van der Waals surface area contributed by atoms with E-state index in [4.69, 9.17) is 4.74 Å². The Bertz CT molecular complexity index is 260. The smallest absolute Gasteiger partial charge is 0.355 e. The SMILES string of the molecule is CC(C)(C)OC(=O)C1=CC(=O)N1. The van der Waals surface area contributed by atoms with Crippen molar-refractivity contribution in [3.63, 3.8) is 0 Å². The molecule has 0 unspecified atom stereocenters. The molecule has 0 spiro atoms. The first-order chi connectivity index (χ1) is 5.38. The molecule has 1 amide bonds. The van der Waals surface area contributed by atoms with Gasteiger partial charge in [-0.2, -0.15) is 0 Å². The Morgan fingerprint density at radius 2 is 2.00 bits per heavy atom. The molecule has 4 heteroatoms. The van der Waals surface area contributed by atoms with Gasteiger partial charge in [-0.3, -0.25) is 4.79 Å². The van der Waals surface area contributed by atoms with Crippen LogP contribution in [0.3, 0.4) is 0 Å². The maximum absolute atomic E-state index is 11.1. The van der Waals surface area contributed by atoms with Gasteiger partial charge in [-0.1, -0.05) is 0 Å². The average molecular weight is 169 g/mol. The molecular weight excluding hydrogens is 158 g/mol. The molecule has 0 bridgehead atoms. The summed E-state index contributed by atoms with van der Waals surface area (Å²) < 4.78 is 4.97. The van der Waals surface area contributed by atoms with Gasteiger partial charge < -0.3 is 10.1 Å². The molecule has 0 aromatic carbocycles. The van der Waals surface area contributed by atoms with Gasteiger partial charge in [0.2, 0.25) is 0 Å². The Hall–Kier alpha value is -1.32. The maximum Gasteiger partial charge on any atom is 0.355 e. The zero-order chi connectivity index (χ0) is 9.35. The standard InChI is InChI=1S/C8H11NO3/c1-8(2,3)12-7(11)5-4-6(10)9-5/h4H,1-3H3,(H,9,10). The summed E-state index contributed by atoms with van der Waals surface area (Å²) in [5, 5.41) is 2.31. The summed E-state index contributed by atoms with van der Waals surface area (Å²) in [5.74, 6) is -0.738. The second-order valence-corrected chi connectivity index (χ2v) is 3.55. The third-order valence-electron chi connectivity index (χ3n) is 1.15. The van der Waals surface area contributed by atoms with Gasteiger partial charge in [-0.15, -0.1) is 0 Å². The number of esters is 1. The number of carbonyl (C=O) groups is 2. The predicted molar refractivity (Wildman–Crippen MR) is 42.1 cm³/mol. The van der Waals surface area contributed by atoms with Gasteiger partial charge in [0.05, 0.1) is 0 Å². The predicted octanol–water partition coefficient (Wildman–Crippen LogP) is 0.342. The quantitative estimate of drug-likeness (QED) is 0.576. The van der Waals surface area contributed by atoms with E-state index in [1.165, 1.54) is 6.08 Å². The molecule has 0 radical (unpaired) electrons. The van der Waals surface area contributed by atoms with E-state index < -0.39 is 11.6 Å². The summed E-state index contributed by atoms with van der Waals surface area (Å²) >= 11 is 0. The fraction of sp³-hybridized carbons (Fsp3) is 0.500. The first-order valence-electron chi connectivity index (χ1n) is 3.64. The number of rotatable bonds is 1. The van der Waals surface area contributed by atoms with E-state index in [0.717, 1.165) is 0 Å². The number of hydrogen-bond acceptors (Lipinski definition) is 3. The number of carbonyl (C=O) groups excluding carboxylic acids is 2. The van der Waals surface area contributed by atoms with Crippen LogP contribution in [0.2, 0.25) is 0 Å². The molecule has 0 saturated carbocycles. The lowest BCUT2D eigenvalue weighted by Gasteiger charge is -2.22. The van der Waals surface area contributed by atoms with Gasteiger partial charge in [0.25, 0.3) is 5.91 Å². The highest BCUT2D eigenvalue weighted by Gasteiger charge is 2.26. The maximum atomic E-state index is 11.1. The fourth-order valence-electron chi connectivity index (χ4n) is 0.701. The second-order valence-electron chi connectivity index (χ2n) is 3.55. The van der Waals surface area contributed by atoms with E-state index >= 15 is 0 Å². The third kappa shape index (κ3) is 2.08. The number of amides is 1. The number of ether oxygens (including phenoxy) is 1. The Morgan fingerprint density at radius 1 is 1.50 bits per heavy atom. The molecule has 0 aromatic heterocycles. The van der Waals surface area contributed by atoms with Crippen LogP contribution in [-0.2, 0) is 14.3 Å². The van der Waals surface area contributed by atoms with Crippen molar-refractivity contribution in [2.75, 3.05) is 0 Å².